The number of anilines is 1. The van der Waals surface area contributed by atoms with E-state index >= 15 is 0 Å². The number of aromatic nitrogens is 1. The molecule has 2 rings (SSSR count). The summed E-state index contributed by atoms with van der Waals surface area (Å²) >= 11 is 1.29. The van der Waals surface area contributed by atoms with Gasteiger partial charge >= 0.3 is 5.97 Å². The molecule has 0 aromatic carbocycles. The number of aryl methyl sites for hydroxylation is 1. The van der Waals surface area contributed by atoms with Gasteiger partial charge in [-0.3, -0.25) is 14.9 Å². The molecule has 0 atom stereocenters. The molecule has 0 unspecified atom stereocenters. The normalized spacial score (nSPS) is 13.9. The molecule has 0 bridgehead atoms. The van der Waals surface area contributed by atoms with Crippen LogP contribution < -0.4 is 5.32 Å². The SMILES string of the molecule is O=C(O)CCCc1csc(NC(=O)C2=COCCO2)n1. The summed E-state index contributed by atoms with van der Waals surface area (Å²) in [6, 6.07) is 0. The van der Waals surface area contributed by atoms with Crippen LogP contribution in [0, 0.1) is 0 Å². The van der Waals surface area contributed by atoms with Gasteiger partial charge in [0.05, 0.1) is 5.69 Å². The highest BCUT2D eigenvalue weighted by Crippen LogP contribution is 2.18. The summed E-state index contributed by atoms with van der Waals surface area (Å²) in [5, 5.41) is 13.4. The third-order valence-corrected chi connectivity index (χ3v) is 3.28. The van der Waals surface area contributed by atoms with Crippen molar-refractivity contribution in [1.29, 1.82) is 0 Å². The Bertz CT molecular complexity index is 526. The van der Waals surface area contributed by atoms with Gasteiger partial charge < -0.3 is 14.6 Å². The Labute approximate surface area is 119 Å². The van der Waals surface area contributed by atoms with Crippen molar-refractivity contribution in [3.8, 4) is 0 Å². The molecule has 0 saturated heterocycles. The number of hydrogen-bond donors (Lipinski definition) is 2. The summed E-state index contributed by atoms with van der Waals surface area (Å²) in [5.74, 6) is -1.11. The van der Waals surface area contributed by atoms with Gasteiger partial charge in [-0.2, -0.15) is 0 Å². The molecule has 0 fully saturated rings. The third-order valence-electron chi connectivity index (χ3n) is 2.47. The molecule has 108 valence electrons. The molecule has 0 aliphatic carbocycles. The molecule has 1 aliphatic rings. The first-order valence-electron chi connectivity index (χ1n) is 6.07. The fraction of sp³-hybridized carbons (Fsp3) is 0.417. The van der Waals surface area contributed by atoms with Gasteiger partial charge in [0, 0.05) is 11.8 Å². The molecule has 2 heterocycles. The van der Waals surface area contributed by atoms with Gasteiger partial charge in [-0.25, -0.2) is 4.98 Å². The van der Waals surface area contributed by atoms with Crippen molar-refractivity contribution in [3.63, 3.8) is 0 Å². The number of aliphatic carboxylic acids is 1. The van der Waals surface area contributed by atoms with E-state index in [1.165, 1.54) is 17.6 Å². The van der Waals surface area contributed by atoms with Crippen LogP contribution in [0.5, 0.6) is 0 Å². The van der Waals surface area contributed by atoms with Crippen LogP contribution in [0.4, 0.5) is 5.13 Å². The Morgan fingerprint density at radius 2 is 2.30 bits per heavy atom. The van der Waals surface area contributed by atoms with Gasteiger partial charge in [0.25, 0.3) is 5.91 Å². The van der Waals surface area contributed by atoms with E-state index < -0.39 is 11.9 Å². The number of nitrogens with zero attached hydrogens (tertiary/aromatic N) is 1. The average Bonchev–Trinajstić information content (AvgIpc) is 2.87. The average molecular weight is 298 g/mol. The minimum atomic E-state index is -0.824. The van der Waals surface area contributed by atoms with Crippen LogP contribution in [0.25, 0.3) is 0 Å². The number of thiazole rings is 1. The second-order valence-corrected chi connectivity index (χ2v) is 4.90. The van der Waals surface area contributed by atoms with Crippen LogP contribution in [0.15, 0.2) is 17.4 Å². The van der Waals surface area contributed by atoms with Gasteiger partial charge in [-0.05, 0) is 12.8 Å². The predicted octanol–water partition coefficient (Wildman–Crippen LogP) is 1.38. The van der Waals surface area contributed by atoms with Crippen LogP contribution >= 0.6 is 11.3 Å². The summed E-state index contributed by atoms with van der Waals surface area (Å²) in [5.41, 5.74) is 0.765. The zero-order chi connectivity index (χ0) is 14.4. The summed E-state index contributed by atoms with van der Waals surface area (Å²) < 4.78 is 10.1. The highest BCUT2D eigenvalue weighted by atomic mass is 32.1. The van der Waals surface area contributed by atoms with Crippen molar-refractivity contribution in [2.75, 3.05) is 18.5 Å². The van der Waals surface area contributed by atoms with Crippen molar-refractivity contribution in [2.24, 2.45) is 0 Å². The summed E-state index contributed by atoms with van der Waals surface area (Å²) in [6.07, 6.45) is 2.48. The maximum absolute atomic E-state index is 11.8. The van der Waals surface area contributed by atoms with E-state index in [1.807, 2.05) is 0 Å². The van der Waals surface area contributed by atoms with E-state index in [1.54, 1.807) is 5.38 Å². The Morgan fingerprint density at radius 3 is 3.00 bits per heavy atom. The summed E-state index contributed by atoms with van der Waals surface area (Å²) in [4.78, 5) is 26.4. The second-order valence-electron chi connectivity index (χ2n) is 4.05. The smallest absolute Gasteiger partial charge is 0.303 e. The van der Waals surface area contributed by atoms with Gasteiger partial charge in [-0.15, -0.1) is 11.3 Å². The highest BCUT2D eigenvalue weighted by molar-refractivity contribution is 7.13. The van der Waals surface area contributed by atoms with E-state index in [9.17, 15) is 9.59 Å². The van der Waals surface area contributed by atoms with Crippen molar-refractivity contribution in [3.05, 3.63) is 23.1 Å². The number of carbonyl (C=O) groups excluding carboxylic acids is 1. The quantitative estimate of drug-likeness (QED) is 0.823. The van der Waals surface area contributed by atoms with Crippen molar-refractivity contribution >= 4 is 28.3 Å². The Kier molecular flexibility index (Phi) is 4.94. The van der Waals surface area contributed by atoms with Gasteiger partial charge in [-0.1, -0.05) is 0 Å². The van der Waals surface area contributed by atoms with Crippen LogP contribution in [0.2, 0.25) is 0 Å². The fourth-order valence-corrected chi connectivity index (χ4v) is 2.29. The molecule has 2 N–H and O–H groups in total. The van der Waals surface area contributed by atoms with Gasteiger partial charge in [0.15, 0.2) is 5.13 Å². The Morgan fingerprint density at radius 1 is 1.45 bits per heavy atom. The Hall–Kier alpha value is -2.09. The van der Waals surface area contributed by atoms with Crippen molar-refractivity contribution in [1.82, 2.24) is 4.98 Å². The molecular weight excluding hydrogens is 284 g/mol. The minimum Gasteiger partial charge on any atom is -0.494 e. The topological polar surface area (TPSA) is 97.8 Å². The molecule has 0 saturated carbocycles. The lowest BCUT2D eigenvalue weighted by atomic mass is 10.2. The molecule has 0 radical (unpaired) electrons. The summed E-state index contributed by atoms with van der Waals surface area (Å²) in [7, 11) is 0. The second kappa shape index (κ2) is 6.90. The molecular formula is C12H14N2O5S. The van der Waals surface area contributed by atoms with Crippen LogP contribution in [-0.4, -0.2) is 35.2 Å². The Balaban J connectivity index is 1.84. The highest BCUT2D eigenvalue weighted by Gasteiger charge is 2.16. The maximum Gasteiger partial charge on any atom is 0.303 e. The summed E-state index contributed by atoms with van der Waals surface area (Å²) in [6.45, 7) is 0.777. The lowest BCUT2D eigenvalue weighted by Gasteiger charge is -2.14. The molecule has 1 aromatic rings. The number of carboxylic acids is 1. The number of rotatable bonds is 6. The first-order valence-corrected chi connectivity index (χ1v) is 6.95. The van der Waals surface area contributed by atoms with Gasteiger partial charge in [0.1, 0.15) is 19.5 Å². The molecule has 1 aromatic heterocycles. The first kappa shape index (κ1) is 14.3. The lowest BCUT2D eigenvalue weighted by Crippen LogP contribution is -2.21. The standard InChI is InChI=1S/C12H14N2O5S/c15-10(16)3-1-2-8-7-20-12(13-8)14-11(17)9-6-18-4-5-19-9/h6-7H,1-5H2,(H,15,16)(H,13,14,17). The minimum absolute atomic E-state index is 0.108. The molecule has 1 aliphatic heterocycles. The van der Waals surface area contributed by atoms with E-state index in [4.69, 9.17) is 14.6 Å². The number of ether oxygens (including phenoxy) is 2. The lowest BCUT2D eigenvalue weighted by molar-refractivity contribution is -0.137. The molecule has 7 nitrogen and oxygen atoms in total. The van der Waals surface area contributed by atoms with Crippen LogP contribution in [-0.2, 0) is 25.5 Å². The zero-order valence-electron chi connectivity index (χ0n) is 10.6. The number of hydrogen-bond acceptors (Lipinski definition) is 6. The van der Waals surface area contributed by atoms with Crippen LogP contribution in [0.3, 0.4) is 0 Å². The molecule has 1 amide bonds. The van der Waals surface area contributed by atoms with Gasteiger partial charge in [0.2, 0.25) is 5.76 Å². The zero-order valence-corrected chi connectivity index (χ0v) is 11.4. The number of amides is 1. The first-order chi connectivity index (χ1) is 9.65. The molecule has 20 heavy (non-hydrogen) atoms. The van der Waals surface area contributed by atoms with E-state index in [-0.39, 0.29) is 12.2 Å². The number of carboxylic acid groups (broad SMARTS) is 1. The molecule has 0 spiro atoms. The number of nitrogens with one attached hydrogen (secondary N) is 1. The fourth-order valence-electron chi connectivity index (χ4n) is 1.55. The monoisotopic (exact) mass is 298 g/mol. The van der Waals surface area contributed by atoms with Crippen molar-refractivity contribution in [2.45, 2.75) is 19.3 Å². The van der Waals surface area contributed by atoms with E-state index in [0.717, 1.165) is 5.69 Å². The number of carbonyl (C=O) groups is 2. The molecule has 8 heteroatoms. The van der Waals surface area contributed by atoms with E-state index in [0.29, 0.717) is 31.2 Å². The van der Waals surface area contributed by atoms with Crippen LogP contribution in [0.1, 0.15) is 18.5 Å². The predicted molar refractivity (Wildman–Crippen MR) is 71.3 cm³/mol. The largest absolute Gasteiger partial charge is 0.494 e. The maximum atomic E-state index is 11.8. The third kappa shape index (κ3) is 4.23. The van der Waals surface area contributed by atoms with Crippen molar-refractivity contribution < 1.29 is 24.2 Å². The van der Waals surface area contributed by atoms with E-state index in [2.05, 4.69) is 10.3 Å².